The maximum atomic E-state index is 9.19. The predicted octanol–water partition coefficient (Wildman–Crippen LogP) is -0.570. The summed E-state index contributed by atoms with van der Waals surface area (Å²) in [6, 6.07) is 0. The van der Waals surface area contributed by atoms with Crippen LogP contribution in [-0.4, -0.2) is 67.5 Å². The van der Waals surface area contributed by atoms with E-state index < -0.39 is 0 Å². The third-order valence-electron chi connectivity index (χ3n) is 5.70. The summed E-state index contributed by atoms with van der Waals surface area (Å²) in [6.45, 7) is 17.1. The first-order valence-corrected chi connectivity index (χ1v) is 10.7. The van der Waals surface area contributed by atoms with Crippen LogP contribution in [0.4, 0.5) is 5.82 Å². The molecule has 0 spiro atoms. The Morgan fingerprint density at radius 1 is 1.15 bits per heavy atom. The van der Waals surface area contributed by atoms with Crippen LogP contribution >= 0.6 is 11.3 Å². The molecular formula is C19H33N5OS+2. The van der Waals surface area contributed by atoms with E-state index in [1.54, 1.807) is 11.3 Å². The van der Waals surface area contributed by atoms with E-state index in [4.69, 9.17) is 9.97 Å². The number of aromatic nitrogens is 2. The molecule has 2 aromatic heterocycles. The molecule has 3 heterocycles. The normalized spacial score (nSPS) is 16.2. The molecule has 0 atom stereocenters. The Morgan fingerprint density at radius 2 is 1.85 bits per heavy atom. The highest BCUT2D eigenvalue weighted by Gasteiger charge is 2.25. The highest BCUT2D eigenvalue weighted by Crippen LogP contribution is 2.34. The summed E-state index contributed by atoms with van der Waals surface area (Å²) in [7, 11) is 0. The number of nitrogens with one attached hydrogen (secondary N) is 2. The van der Waals surface area contributed by atoms with Crippen LogP contribution in [0, 0.1) is 13.8 Å². The minimum atomic E-state index is 0.271. The Morgan fingerprint density at radius 3 is 2.46 bits per heavy atom. The van der Waals surface area contributed by atoms with Crippen molar-refractivity contribution in [2.75, 3.05) is 57.3 Å². The number of anilines is 1. The molecule has 144 valence electrons. The van der Waals surface area contributed by atoms with E-state index in [1.165, 1.54) is 25.6 Å². The molecule has 3 N–H and O–H groups in total. The van der Waals surface area contributed by atoms with Crippen molar-refractivity contribution in [1.29, 1.82) is 0 Å². The first-order chi connectivity index (χ1) is 12.6. The molecule has 1 aliphatic rings. The maximum Gasteiger partial charge on any atom is 0.187 e. The quantitative estimate of drug-likeness (QED) is 0.603. The fourth-order valence-corrected chi connectivity index (χ4v) is 4.79. The molecular weight excluding hydrogens is 346 g/mol. The van der Waals surface area contributed by atoms with Gasteiger partial charge in [-0.25, -0.2) is 9.97 Å². The first kappa shape index (κ1) is 19.5. The Hall–Kier alpha value is -1.28. The molecule has 0 aromatic carbocycles. The number of aliphatic hydroxyl groups excluding tert-OH is 1. The number of piperazine rings is 1. The van der Waals surface area contributed by atoms with Crippen LogP contribution in [0.25, 0.3) is 10.2 Å². The van der Waals surface area contributed by atoms with Crippen LogP contribution in [0.2, 0.25) is 0 Å². The van der Waals surface area contributed by atoms with Gasteiger partial charge < -0.3 is 19.8 Å². The third-order valence-corrected chi connectivity index (χ3v) is 6.80. The summed E-state index contributed by atoms with van der Waals surface area (Å²) >= 11 is 1.80. The van der Waals surface area contributed by atoms with Gasteiger partial charge in [0.1, 0.15) is 23.7 Å². The van der Waals surface area contributed by atoms with Gasteiger partial charge in [0.05, 0.1) is 51.3 Å². The number of rotatable bonds is 7. The van der Waals surface area contributed by atoms with Gasteiger partial charge in [-0.3, -0.25) is 0 Å². The van der Waals surface area contributed by atoms with Gasteiger partial charge in [-0.1, -0.05) is 0 Å². The van der Waals surface area contributed by atoms with Crippen molar-refractivity contribution < 1.29 is 14.9 Å². The van der Waals surface area contributed by atoms with Crippen LogP contribution in [0.1, 0.15) is 30.1 Å². The van der Waals surface area contributed by atoms with Crippen molar-refractivity contribution in [3.8, 4) is 0 Å². The van der Waals surface area contributed by atoms with E-state index in [2.05, 4.69) is 32.6 Å². The van der Waals surface area contributed by atoms with Crippen LogP contribution in [0.15, 0.2) is 0 Å². The van der Waals surface area contributed by atoms with Gasteiger partial charge in [-0.05, 0) is 33.3 Å². The lowest BCUT2D eigenvalue weighted by Gasteiger charge is -2.33. The van der Waals surface area contributed by atoms with Crippen molar-refractivity contribution in [3.63, 3.8) is 0 Å². The van der Waals surface area contributed by atoms with Crippen LogP contribution in [-0.2, 0) is 6.54 Å². The number of aliphatic hydroxyl groups is 1. The largest absolute Gasteiger partial charge is 0.391 e. The van der Waals surface area contributed by atoms with E-state index in [9.17, 15) is 5.11 Å². The molecule has 6 nitrogen and oxygen atoms in total. The monoisotopic (exact) mass is 379 g/mol. The van der Waals surface area contributed by atoms with Crippen molar-refractivity contribution >= 4 is 27.4 Å². The maximum absolute atomic E-state index is 9.19. The average molecular weight is 380 g/mol. The number of aryl methyl sites for hydroxylation is 2. The lowest BCUT2D eigenvalue weighted by atomic mass is 10.2. The molecule has 0 saturated carbocycles. The smallest absolute Gasteiger partial charge is 0.187 e. The Bertz CT molecular complexity index is 735. The number of nitrogens with zero attached hydrogens (tertiary/aromatic N) is 3. The van der Waals surface area contributed by atoms with Crippen LogP contribution in [0.5, 0.6) is 0 Å². The van der Waals surface area contributed by atoms with Crippen molar-refractivity contribution in [3.05, 3.63) is 16.3 Å². The molecule has 0 amide bonds. The minimum Gasteiger partial charge on any atom is -0.391 e. The van der Waals surface area contributed by atoms with Gasteiger partial charge in [0, 0.05) is 4.88 Å². The van der Waals surface area contributed by atoms with Gasteiger partial charge in [-0.15, -0.1) is 11.3 Å². The molecule has 3 rings (SSSR count). The molecule has 1 fully saturated rings. The summed E-state index contributed by atoms with van der Waals surface area (Å²) in [6.07, 6.45) is 0. The van der Waals surface area contributed by atoms with Crippen molar-refractivity contribution in [1.82, 2.24) is 9.97 Å². The fourth-order valence-electron chi connectivity index (χ4n) is 3.75. The van der Waals surface area contributed by atoms with Gasteiger partial charge in [0.2, 0.25) is 0 Å². The van der Waals surface area contributed by atoms with E-state index >= 15 is 0 Å². The molecule has 1 saturated heterocycles. The van der Waals surface area contributed by atoms with Crippen LogP contribution < -0.4 is 14.7 Å². The molecule has 7 heteroatoms. The fraction of sp³-hybridized carbons (Fsp3) is 0.684. The van der Waals surface area contributed by atoms with Gasteiger partial charge >= 0.3 is 0 Å². The van der Waals surface area contributed by atoms with E-state index in [0.717, 1.165) is 68.8 Å². The number of fused-ring (bicyclic) bond motifs is 1. The van der Waals surface area contributed by atoms with Gasteiger partial charge in [-0.2, -0.15) is 0 Å². The van der Waals surface area contributed by atoms with Crippen molar-refractivity contribution in [2.45, 2.75) is 34.2 Å². The van der Waals surface area contributed by atoms with Gasteiger partial charge in [0.15, 0.2) is 5.82 Å². The minimum absolute atomic E-state index is 0.271. The number of quaternary nitrogens is 2. The molecule has 2 aromatic rings. The zero-order valence-electron chi connectivity index (χ0n) is 16.6. The second kappa shape index (κ2) is 8.61. The molecule has 0 bridgehead atoms. The Labute approximate surface area is 160 Å². The highest BCUT2D eigenvalue weighted by molar-refractivity contribution is 7.18. The van der Waals surface area contributed by atoms with Gasteiger partial charge in [0.25, 0.3) is 0 Å². The first-order valence-electron chi connectivity index (χ1n) is 9.86. The lowest BCUT2D eigenvalue weighted by Crippen LogP contribution is -3.15. The zero-order valence-corrected chi connectivity index (χ0v) is 17.4. The Balaban J connectivity index is 1.94. The zero-order chi connectivity index (χ0) is 18.7. The average Bonchev–Trinajstić information content (AvgIpc) is 2.94. The molecule has 0 radical (unpaired) electrons. The van der Waals surface area contributed by atoms with E-state index in [0.29, 0.717) is 0 Å². The number of hydrogen-bond donors (Lipinski definition) is 3. The Kier molecular flexibility index (Phi) is 6.45. The standard InChI is InChI=1S/C19H31N5OS/c1-5-22(6-2)13-16-20-18(17-14(3)15(4)26-19(17)21-16)24-9-7-23(8-10-24)11-12-25/h25H,5-13H2,1-4H3/p+2. The topological polar surface area (TPSA) is 58.1 Å². The predicted molar refractivity (Wildman–Crippen MR) is 108 cm³/mol. The highest BCUT2D eigenvalue weighted by atomic mass is 32.1. The number of hydrogen-bond acceptors (Lipinski definition) is 5. The van der Waals surface area contributed by atoms with E-state index in [-0.39, 0.29) is 6.61 Å². The second-order valence-corrected chi connectivity index (χ2v) is 8.47. The summed E-state index contributed by atoms with van der Waals surface area (Å²) in [5, 5.41) is 10.4. The SMILES string of the molecule is CC[NH+](CC)Cc1nc(N2CC[NH+](CCO)CC2)c2c(C)c(C)sc2n1. The summed E-state index contributed by atoms with van der Waals surface area (Å²) in [5.41, 5.74) is 1.33. The lowest BCUT2D eigenvalue weighted by molar-refractivity contribution is -0.910. The third kappa shape index (κ3) is 4.01. The summed E-state index contributed by atoms with van der Waals surface area (Å²) < 4.78 is 0. The number of thiophene rings is 1. The molecule has 1 aliphatic heterocycles. The van der Waals surface area contributed by atoms with Crippen molar-refractivity contribution in [2.24, 2.45) is 0 Å². The summed E-state index contributed by atoms with van der Waals surface area (Å²) in [4.78, 5) is 17.9. The van der Waals surface area contributed by atoms with Crippen LogP contribution in [0.3, 0.4) is 0 Å². The molecule has 26 heavy (non-hydrogen) atoms. The van der Waals surface area contributed by atoms with E-state index in [1.807, 2.05) is 0 Å². The molecule has 0 unspecified atom stereocenters. The second-order valence-electron chi connectivity index (χ2n) is 7.27. The summed E-state index contributed by atoms with van der Waals surface area (Å²) in [5.74, 6) is 2.10. The molecule has 0 aliphatic carbocycles.